The largest absolute Gasteiger partial charge is 0.508 e. The van der Waals surface area contributed by atoms with E-state index in [1.54, 1.807) is 12.1 Å². The topological polar surface area (TPSA) is 57.5 Å². The summed E-state index contributed by atoms with van der Waals surface area (Å²) in [6.45, 7) is 2.09. The van der Waals surface area contributed by atoms with Crippen LogP contribution in [-0.4, -0.2) is 16.0 Å². The fourth-order valence-corrected chi connectivity index (χ4v) is 1.49. The first kappa shape index (κ1) is 13.3. The predicted molar refractivity (Wildman–Crippen MR) is 68.0 cm³/mol. The van der Waals surface area contributed by atoms with Crippen LogP contribution in [0.2, 0.25) is 0 Å². The Bertz CT molecular complexity index is 408. The van der Waals surface area contributed by atoms with Crippen molar-refractivity contribution in [1.82, 2.24) is 0 Å². The molecule has 0 aliphatic rings. The molecule has 0 bridgehead atoms. The smallest absolute Gasteiger partial charge is 0.155 e. The number of carbonyl (C=O) groups excluding carboxylic acids is 1. The molecule has 92 valence electrons. The third-order valence-corrected chi connectivity index (χ3v) is 2.49. The molecule has 1 aromatic carbocycles. The van der Waals surface area contributed by atoms with E-state index in [0.717, 1.165) is 19.3 Å². The molecule has 17 heavy (non-hydrogen) atoms. The Morgan fingerprint density at radius 1 is 1.29 bits per heavy atom. The summed E-state index contributed by atoms with van der Waals surface area (Å²) in [5.74, 6) is 0.0439. The van der Waals surface area contributed by atoms with Crippen molar-refractivity contribution in [3.8, 4) is 11.5 Å². The Morgan fingerprint density at radius 3 is 2.71 bits per heavy atom. The molecule has 1 rings (SSSR count). The molecular formula is C14H18O3. The summed E-state index contributed by atoms with van der Waals surface area (Å²) < 4.78 is 0. The van der Waals surface area contributed by atoms with Gasteiger partial charge in [-0.25, -0.2) is 0 Å². The van der Waals surface area contributed by atoms with Crippen molar-refractivity contribution in [3.05, 3.63) is 29.8 Å². The molecule has 0 aliphatic carbocycles. The van der Waals surface area contributed by atoms with Crippen LogP contribution in [-0.2, 0) is 4.79 Å². The lowest BCUT2D eigenvalue weighted by atomic mass is 10.1. The highest BCUT2D eigenvalue weighted by molar-refractivity contribution is 5.93. The molecule has 0 aliphatic heterocycles. The van der Waals surface area contributed by atoms with Crippen molar-refractivity contribution in [2.75, 3.05) is 0 Å². The van der Waals surface area contributed by atoms with E-state index in [4.69, 9.17) is 5.11 Å². The Labute approximate surface area is 101 Å². The molecule has 0 spiro atoms. The highest BCUT2D eigenvalue weighted by Crippen LogP contribution is 2.23. The summed E-state index contributed by atoms with van der Waals surface area (Å²) in [7, 11) is 0. The molecule has 0 saturated heterocycles. The molecule has 2 N–H and O–H groups in total. The monoisotopic (exact) mass is 234 g/mol. The second-order valence-electron chi connectivity index (χ2n) is 4.00. The lowest BCUT2D eigenvalue weighted by molar-refractivity contribution is -0.114. The lowest BCUT2D eigenvalue weighted by Crippen LogP contribution is -1.91. The minimum absolute atomic E-state index is 0.00826. The molecule has 3 nitrogen and oxygen atoms in total. The van der Waals surface area contributed by atoms with Gasteiger partial charge in [0.05, 0.1) is 0 Å². The summed E-state index contributed by atoms with van der Waals surface area (Å²) in [5.41, 5.74) is 0.534. The van der Waals surface area contributed by atoms with Crippen LogP contribution in [0.3, 0.4) is 0 Å². The van der Waals surface area contributed by atoms with Crippen molar-refractivity contribution in [1.29, 1.82) is 0 Å². The zero-order valence-corrected chi connectivity index (χ0v) is 10.0. The maximum Gasteiger partial charge on any atom is 0.155 e. The number of aromatic hydroxyl groups is 2. The third kappa shape index (κ3) is 4.72. The van der Waals surface area contributed by atoms with E-state index in [1.165, 1.54) is 18.2 Å². The van der Waals surface area contributed by atoms with E-state index in [0.29, 0.717) is 12.0 Å². The first-order chi connectivity index (χ1) is 8.13. The molecule has 0 amide bonds. The van der Waals surface area contributed by atoms with Crippen LogP contribution >= 0.6 is 0 Å². The van der Waals surface area contributed by atoms with Gasteiger partial charge in [-0.1, -0.05) is 19.8 Å². The van der Waals surface area contributed by atoms with Gasteiger partial charge < -0.3 is 10.2 Å². The summed E-state index contributed by atoms with van der Waals surface area (Å²) in [4.78, 5) is 11.5. The molecule has 0 atom stereocenters. The van der Waals surface area contributed by atoms with Crippen LogP contribution in [0.4, 0.5) is 0 Å². The average Bonchev–Trinajstić information content (AvgIpc) is 2.28. The minimum atomic E-state index is -0.0254. The van der Waals surface area contributed by atoms with Crippen molar-refractivity contribution < 1.29 is 15.0 Å². The second kappa shape index (κ2) is 6.74. The number of unbranched alkanes of at least 4 members (excludes halogenated alkanes) is 2. The van der Waals surface area contributed by atoms with Crippen molar-refractivity contribution in [2.24, 2.45) is 0 Å². The van der Waals surface area contributed by atoms with Crippen LogP contribution in [0.15, 0.2) is 24.3 Å². The number of hydrogen-bond acceptors (Lipinski definition) is 3. The third-order valence-electron chi connectivity index (χ3n) is 2.49. The predicted octanol–water partition coefficient (Wildman–Crippen LogP) is 3.26. The van der Waals surface area contributed by atoms with Gasteiger partial charge in [0.15, 0.2) is 5.78 Å². The fraction of sp³-hybridized carbons (Fsp3) is 0.357. The highest BCUT2D eigenvalue weighted by atomic mass is 16.3. The van der Waals surface area contributed by atoms with Gasteiger partial charge in [-0.2, -0.15) is 0 Å². The summed E-state index contributed by atoms with van der Waals surface area (Å²) in [6.07, 6.45) is 6.65. The number of carbonyl (C=O) groups is 1. The fourth-order valence-electron chi connectivity index (χ4n) is 1.49. The number of rotatable bonds is 6. The SMILES string of the molecule is CCCCCC(=O)C=Cc1ccc(O)cc1O. The number of benzene rings is 1. The van der Waals surface area contributed by atoms with Crippen LogP contribution < -0.4 is 0 Å². The van der Waals surface area contributed by atoms with Gasteiger partial charge in [0.25, 0.3) is 0 Å². The van der Waals surface area contributed by atoms with E-state index >= 15 is 0 Å². The molecule has 1 aromatic rings. The van der Waals surface area contributed by atoms with Crippen molar-refractivity contribution in [3.63, 3.8) is 0 Å². The van der Waals surface area contributed by atoms with Crippen LogP contribution in [0.1, 0.15) is 38.2 Å². The summed E-state index contributed by atoms with van der Waals surface area (Å²) in [5, 5.41) is 18.6. The Hall–Kier alpha value is -1.77. The number of phenolic OH excluding ortho intramolecular Hbond substituents is 2. The van der Waals surface area contributed by atoms with Gasteiger partial charge in [-0.05, 0) is 30.7 Å². The minimum Gasteiger partial charge on any atom is -0.508 e. The molecule has 0 aromatic heterocycles. The van der Waals surface area contributed by atoms with E-state index in [-0.39, 0.29) is 17.3 Å². The molecule has 3 heteroatoms. The number of allylic oxidation sites excluding steroid dienone is 1. The first-order valence-corrected chi connectivity index (χ1v) is 5.86. The van der Waals surface area contributed by atoms with Crippen molar-refractivity contribution >= 4 is 11.9 Å². The van der Waals surface area contributed by atoms with E-state index in [9.17, 15) is 9.90 Å². The van der Waals surface area contributed by atoms with Gasteiger partial charge in [0.2, 0.25) is 0 Å². The summed E-state index contributed by atoms with van der Waals surface area (Å²) >= 11 is 0. The van der Waals surface area contributed by atoms with Crippen LogP contribution in [0, 0.1) is 0 Å². The zero-order valence-electron chi connectivity index (χ0n) is 10.0. The quantitative estimate of drug-likeness (QED) is 0.586. The molecule has 0 radical (unpaired) electrons. The van der Waals surface area contributed by atoms with Gasteiger partial charge in [-0.3, -0.25) is 4.79 Å². The molecule has 0 fully saturated rings. The van der Waals surface area contributed by atoms with E-state index in [1.807, 2.05) is 0 Å². The molecule has 0 saturated carbocycles. The lowest BCUT2D eigenvalue weighted by Gasteiger charge is -1.99. The normalized spacial score (nSPS) is 10.9. The Morgan fingerprint density at radius 2 is 2.06 bits per heavy atom. The number of ketones is 1. The Balaban J connectivity index is 2.55. The van der Waals surface area contributed by atoms with Crippen LogP contribution in [0.25, 0.3) is 6.08 Å². The molecular weight excluding hydrogens is 216 g/mol. The van der Waals surface area contributed by atoms with E-state index < -0.39 is 0 Å². The maximum absolute atomic E-state index is 11.5. The average molecular weight is 234 g/mol. The van der Waals surface area contributed by atoms with E-state index in [2.05, 4.69) is 6.92 Å². The van der Waals surface area contributed by atoms with Crippen LogP contribution in [0.5, 0.6) is 11.5 Å². The zero-order chi connectivity index (χ0) is 12.7. The standard InChI is InChI=1S/C14H18O3/c1-2-3-4-5-12(15)8-6-11-7-9-13(16)10-14(11)17/h6-10,16-17H,2-5H2,1H3. The van der Waals surface area contributed by atoms with Gasteiger partial charge in [0, 0.05) is 18.1 Å². The van der Waals surface area contributed by atoms with Gasteiger partial charge >= 0.3 is 0 Å². The molecule has 0 unspecified atom stereocenters. The number of hydrogen-bond donors (Lipinski definition) is 2. The maximum atomic E-state index is 11.5. The molecule has 0 heterocycles. The van der Waals surface area contributed by atoms with Gasteiger partial charge in [0.1, 0.15) is 11.5 Å². The highest BCUT2D eigenvalue weighted by Gasteiger charge is 2.00. The second-order valence-corrected chi connectivity index (χ2v) is 4.00. The summed E-state index contributed by atoms with van der Waals surface area (Å²) in [6, 6.07) is 4.29. The van der Waals surface area contributed by atoms with Crippen molar-refractivity contribution in [2.45, 2.75) is 32.6 Å². The number of phenols is 2. The first-order valence-electron chi connectivity index (χ1n) is 5.86. The van der Waals surface area contributed by atoms with Gasteiger partial charge in [-0.15, -0.1) is 0 Å². The Kier molecular flexibility index (Phi) is 5.27.